The Hall–Kier alpha value is -2.68. The quantitative estimate of drug-likeness (QED) is 0.584. The Balaban J connectivity index is 1.59. The predicted molar refractivity (Wildman–Crippen MR) is 101 cm³/mol. The number of hydrogen-bond donors (Lipinski definition) is 1. The van der Waals surface area contributed by atoms with Crippen molar-refractivity contribution in [1.82, 2.24) is 19.5 Å². The van der Waals surface area contributed by atoms with Crippen molar-refractivity contribution in [2.75, 3.05) is 26.3 Å². The van der Waals surface area contributed by atoms with E-state index in [1.54, 1.807) is 18.4 Å². The standard InChI is InChI=1S/C19H18N4O3S/c24-18-16(27-19-20-17(21-23(18)19)14-7-4-10-26-14)15(13-5-2-1-3-6-13)22-8-11-25-12-9-22/h1-7,10,15,24H,8-9,11-12H2. The van der Waals surface area contributed by atoms with E-state index in [2.05, 4.69) is 27.1 Å². The van der Waals surface area contributed by atoms with Crippen LogP contribution in [0.15, 0.2) is 53.1 Å². The van der Waals surface area contributed by atoms with Crippen molar-refractivity contribution >= 4 is 16.3 Å². The lowest BCUT2D eigenvalue weighted by atomic mass is 10.0. The molecule has 0 saturated carbocycles. The molecule has 4 aromatic rings. The summed E-state index contributed by atoms with van der Waals surface area (Å²) in [6.45, 7) is 3.00. The molecule has 1 aliphatic heterocycles. The fourth-order valence-corrected chi connectivity index (χ4v) is 4.55. The number of rotatable bonds is 4. The van der Waals surface area contributed by atoms with E-state index in [9.17, 15) is 5.11 Å². The maximum absolute atomic E-state index is 10.9. The summed E-state index contributed by atoms with van der Waals surface area (Å²) in [5.74, 6) is 1.18. The van der Waals surface area contributed by atoms with E-state index in [1.165, 1.54) is 15.9 Å². The highest BCUT2D eigenvalue weighted by atomic mass is 32.1. The first-order valence-electron chi connectivity index (χ1n) is 8.80. The van der Waals surface area contributed by atoms with Crippen molar-refractivity contribution in [2.24, 2.45) is 0 Å². The van der Waals surface area contributed by atoms with Crippen LogP contribution in [-0.4, -0.2) is 50.9 Å². The highest BCUT2D eigenvalue weighted by molar-refractivity contribution is 7.17. The minimum Gasteiger partial charge on any atom is -0.492 e. The second kappa shape index (κ2) is 6.80. The number of ether oxygens (including phenoxy) is 1. The number of benzene rings is 1. The van der Waals surface area contributed by atoms with Crippen molar-refractivity contribution in [1.29, 1.82) is 0 Å². The Kier molecular flexibility index (Phi) is 4.16. The molecule has 27 heavy (non-hydrogen) atoms. The van der Waals surface area contributed by atoms with Crippen LogP contribution in [0.4, 0.5) is 0 Å². The van der Waals surface area contributed by atoms with Gasteiger partial charge in [0.05, 0.1) is 30.4 Å². The number of fused-ring (bicyclic) bond motifs is 1. The Morgan fingerprint density at radius 2 is 1.89 bits per heavy atom. The number of furan rings is 1. The third kappa shape index (κ3) is 2.91. The lowest BCUT2D eigenvalue weighted by Gasteiger charge is -2.34. The highest BCUT2D eigenvalue weighted by Gasteiger charge is 2.30. The number of thiazole rings is 1. The molecule has 7 nitrogen and oxygen atoms in total. The number of hydrogen-bond acceptors (Lipinski definition) is 7. The molecule has 0 spiro atoms. The van der Waals surface area contributed by atoms with Gasteiger partial charge in [0, 0.05) is 13.1 Å². The van der Waals surface area contributed by atoms with Crippen LogP contribution in [-0.2, 0) is 4.74 Å². The Bertz CT molecular complexity index is 1040. The minimum atomic E-state index is -0.0596. The molecule has 138 valence electrons. The highest BCUT2D eigenvalue weighted by Crippen LogP contribution is 2.40. The van der Waals surface area contributed by atoms with E-state index in [0.29, 0.717) is 29.8 Å². The van der Waals surface area contributed by atoms with Gasteiger partial charge in [-0.3, -0.25) is 4.90 Å². The fourth-order valence-electron chi connectivity index (χ4n) is 3.44. The average molecular weight is 382 g/mol. The summed E-state index contributed by atoms with van der Waals surface area (Å²) >= 11 is 1.45. The molecule has 0 amide bonds. The van der Waals surface area contributed by atoms with Crippen LogP contribution in [0.25, 0.3) is 16.5 Å². The third-order valence-electron chi connectivity index (χ3n) is 4.72. The molecule has 1 atom stereocenters. The number of aromatic nitrogens is 3. The third-order valence-corrected chi connectivity index (χ3v) is 5.79. The van der Waals surface area contributed by atoms with Gasteiger partial charge in [-0.1, -0.05) is 41.7 Å². The average Bonchev–Trinajstić information content (AvgIpc) is 3.43. The SMILES string of the molecule is Oc1c(C(c2ccccc2)N2CCOCC2)sc2nc(-c3ccco3)nn12. The normalized spacial score (nSPS) is 16.7. The van der Waals surface area contributed by atoms with Crippen LogP contribution >= 0.6 is 11.3 Å². The van der Waals surface area contributed by atoms with Gasteiger partial charge in [0.2, 0.25) is 16.7 Å². The van der Waals surface area contributed by atoms with Crippen LogP contribution < -0.4 is 0 Å². The summed E-state index contributed by atoms with van der Waals surface area (Å²) in [6, 6.07) is 13.7. The maximum Gasteiger partial charge on any atom is 0.230 e. The lowest BCUT2D eigenvalue weighted by molar-refractivity contribution is 0.0241. The number of nitrogens with zero attached hydrogens (tertiary/aromatic N) is 4. The largest absolute Gasteiger partial charge is 0.492 e. The molecule has 3 aromatic heterocycles. The van der Waals surface area contributed by atoms with Crippen molar-refractivity contribution in [3.05, 3.63) is 59.2 Å². The first-order valence-corrected chi connectivity index (χ1v) is 9.62. The molecule has 1 saturated heterocycles. The molecule has 1 aromatic carbocycles. The zero-order valence-electron chi connectivity index (χ0n) is 14.5. The summed E-state index contributed by atoms with van der Waals surface area (Å²) in [4.78, 5) is 8.34. The smallest absolute Gasteiger partial charge is 0.230 e. The van der Waals surface area contributed by atoms with Crippen molar-refractivity contribution in [3.8, 4) is 17.5 Å². The van der Waals surface area contributed by atoms with Gasteiger partial charge < -0.3 is 14.3 Å². The van der Waals surface area contributed by atoms with Crippen molar-refractivity contribution in [2.45, 2.75) is 6.04 Å². The van der Waals surface area contributed by atoms with Gasteiger partial charge in [-0.05, 0) is 17.7 Å². The van der Waals surface area contributed by atoms with Crippen molar-refractivity contribution < 1.29 is 14.3 Å². The molecule has 0 radical (unpaired) electrons. The van der Waals surface area contributed by atoms with E-state index >= 15 is 0 Å². The molecule has 1 aliphatic rings. The van der Waals surface area contributed by atoms with Gasteiger partial charge in [-0.25, -0.2) is 0 Å². The molecule has 5 rings (SSSR count). The molecule has 1 fully saturated rings. The number of morpholine rings is 1. The molecule has 1 unspecified atom stereocenters. The second-order valence-corrected chi connectivity index (χ2v) is 7.37. The van der Waals surface area contributed by atoms with Gasteiger partial charge >= 0.3 is 0 Å². The lowest BCUT2D eigenvalue weighted by Crippen LogP contribution is -2.39. The topological polar surface area (TPSA) is 76.0 Å². The minimum absolute atomic E-state index is 0.0596. The van der Waals surface area contributed by atoms with Gasteiger partial charge in [0.1, 0.15) is 0 Å². The zero-order chi connectivity index (χ0) is 18.2. The van der Waals surface area contributed by atoms with E-state index in [0.717, 1.165) is 23.5 Å². The Morgan fingerprint density at radius 1 is 1.07 bits per heavy atom. The summed E-state index contributed by atoms with van der Waals surface area (Å²) in [5.41, 5.74) is 1.13. The predicted octanol–water partition coefficient (Wildman–Crippen LogP) is 3.18. The van der Waals surface area contributed by atoms with E-state index < -0.39 is 0 Å². The van der Waals surface area contributed by atoms with E-state index in [4.69, 9.17) is 9.15 Å². The van der Waals surface area contributed by atoms with Crippen molar-refractivity contribution in [3.63, 3.8) is 0 Å². The van der Waals surface area contributed by atoms with E-state index in [1.807, 2.05) is 18.2 Å². The fraction of sp³-hybridized carbons (Fsp3) is 0.263. The van der Waals surface area contributed by atoms with Crippen LogP contribution in [0.3, 0.4) is 0 Å². The summed E-state index contributed by atoms with van der Waals surface area (Å²) in [7, 11) is 0. The Labute approximate surface area is 159 Å². The first kappa shape index (κ1) is 16.5. The van der Waals surface area contributed by atoms with Crippen LogP contribution in [0.1, 0.15) is 16.5 Å². The maximum atomic E-state index is 10.9. The van der Waals surface area contributed by atoms with Crippen LogP contribution in [0, 0.1) is 0 Å². The molecule has 8 heteroatoms. The monoisotopic (exact) mass is 382 g/mol. The summed E-state index contributed by atoms with van der Waals surface area (Å²) in [6.07, 6.45) is 1.58. The first-order chi connectivity index (χ1) is 13.3. The molecular formula is C19H18N4O3S. The molecular weight excluding hydrogens is 364 g/mol. The van der Waals surface area contributed by atoms with Gasteiger partial charge in [-0.2, -0.15) is 9.50 Å². The van der Waals surface area contributed by atoms with Crippen LogP contribution in [0.5, 0.6) is 5.88 Å². The van der Waals surface area contributed by atoms with Gasteiger partial charge in [0.15, 0.2) is 5.76 Å². The van der Waals surface area contributed by atoms with E-state index in [-0.39, 0.29) is 11.9 Å². The summed E-state index contributed by atoms with van der Waals surface area (Å²) in [5, 5.41) is 15.4. The zero-order valence-corrected chi connectivity index (χ0v) is 15.3. The Morgan fingerprint density at radius 3 is 2.59 bits per heavy atom. The van der Waals surface area contributed by atoms with Gasteiger partial charge in [0.25, 0.3) is 0 Å². The second-order valence-electron chi connectivity index (χ2n) is 6.36. The molecule has 0 bridgehead atoms. The molecule has 0 aliphatic carbocycles. The van der Waals surface area contributed by atoms with Gasteiger partial charge in [-0.15, -0.1) is 5.10 Å². The molecule has 1 N–H and O–H groups in total. The number of aromatic hydroxyl groups is 1. The van der Waals surface area contributed by atoms with Crippen LogP contribution in [0.2, 0.25) is 0 Å². The molecule has 4 heterocycles. The summed E-state index contributed by atoms with van der Waals surface area (Å²) < 4.78 is 12.4.